The first kappa shape index (κ1) is 16.7. The Kier molecular flexibility index (Phi) is 5.91. The quantitative estimate of drug-likeness (QED) is 0.821. The number of methoxy groups -OCH3 is 1. The van der Waals surface area contributed by atoms with Crippen molar-refractivity contribution in [3.05, 3.63) is 42.2 Å². The number of carbonyl (C=O) groups is 1. The van der Waals surface area contributed by atoms with E-state index in [1.165, 1.54) is 12.4 Å². The van der Waals surface area contributed by atoms with Gasteiger partial charge in [0.2, 0.25) is 5.95 Å². The average Bonchev–Trinajstić information content (AvgIpc) is 2.56. The van der Waals surface area contributed by atoms with Gasteiger partial charge in [-0.25, -0.2) is 9.97 Å². The van der Waals surface area contributed by atoms with Gasteiger partial charge in [0.25, 0.3) is 5.91 Å². The summed E-state index contributed by atoms with van der Waals surface area (Å²) < 4.78 is 5.08. The zero-order chi connectivity index (χ0) is 16.7. The normalized spacial score (nSPS) is 10.4. The number of benzene rings is 1. The number of carbonyl (C=O) groups excluding carboxylic acids is 1. The number of nitrogens with zero attached hydrogens (tertiary/aromatic N) is 2. The minimum atomic E-state index is -0.246. The Hall–Kier alpha value is -2.63. The Morgan fingerprint density at radius 3 is 2.39 bits per heavy atom. The molecular formula is C17H22N4O2. The monoisotopic (exact) mass is 314 g/mol. The van der Waals surface area contributed by atoms with E-state index < -0.39 is 0 Å². The molecule has 2 aromatic rings. The van der Waals surface area contributed by atoms with Crippen LogP contribution in [0, 0.1) is 5.92 Å². The first-order valence-corrected chi connectivity index (χ1v) is 7.60. The van der Waals surface area contributed by atoms with Crippen molar-refractivity contribution in [2.75, 3.05) is 24.3 Å². The summed E-state index contributed by atoms with van der Waals surface area (Å²) in [6.07, 6.45) is 4.08. The van der Waals surface area contributed by atoms with Crippen LogP contribution in [0.3, 0.4) is 0 Å². The minimum absolute atomic E-state index is 0.246. The molecule has 1 heterocycles. The third-order valence-electron chi connectivity index (χ3n) is 3.27. The van der Waals surface area contributed by atoms with Gasteiger partial charge in [-0.15, -0.1) is 0 Å². The van der Waals surface area contributed by atoms with Gasteiger partial charge in [-0.2, -0.15) is 0 Å². The maximum Gasteiger partial charge on any atom is 0.258 e. The summed E-state index contributed by atoms with van der Waals surface area (Å²) >= 11 is 0. The van der Waals surface area contributed by atoms with Gasteiger partial charge in [0.1, 0.15) is 5.75 Å². The summed E-state index contributed by atoms with van der Waals surface area (Å²) in [4.78, 5) is 20.5. The Labute approximate surface area is 136 Å². The number of ether oxygens (including phenoxy) is 1. The van der Waals surface area contributed by atoms with Crippen LogP contribution >= 0.6 is 0 Å². The molecule has 0 fully saturated rings. The van der Waals surface area contributed by atoms with Crippen LogP contribution < -0.4 is 15.4 Å². The average molecular weight is 314 g/mol. The van der Waals surface area contributed by atoms with Crippen molar-refractivity contribution in [1.82, 2.24) is 9.97 Å². The van der Waals surface area contributed by atoms with Gasteiger partial charge >= 0.3 is 0 Å². The first-order chi connectivity index (χ1) is 11.1. The van der Waals surface area contributed by atoms with Crippen molar-refractivity contribution in [3.8, 4) is 5.75 Å². The van der Waals surface area contributed by atoms with Crippen LogP contribution in [0.25, 0.3) is 0 Å². The Balaban J connectivity index is 1.91. The van der Waals surface area contributed by atoms with E-state index in [0.29, 0.717) is 23.1 Å². The topological polar surface area (TPSA) is 76.1 Å². The van der Waals surface area contributed by atoms with Crippen LogP contribution in [-0.4, -0.2) is 29.5 Å². The van der Waals surface area contributed by atoms with E-state index in [1.807, 2.05) is 0 Å². The van der Waals surface area contributed by atoms with E-state index in [9.17, 15) is 4.79 Å². The molecular weight excluding hydrogens is 292 g/mol. The Morgan fingerprint density at radius 1 is 1.17 bits per heavy atom. The second kappa shape index (κ2) is 8.12. The van der Waals surface area contributed by atoms with Crippen LogP contribution in [0.1, 0.15) is 30.6 Å². The van der Waals surface area contributed by atoms with Gasteiger partial charge in [0.05, 0.1) is 12.7 Å². The van der Waals surface area contributed by atoms with Crippen molar-refractivity contribution in [2.45, 2.75) is 20.3 Å². The Bertz CT molecular complexity index is 624. The summed E-state index contributed by atoms with van der Waals surface area (Å²) in [7, 11) is 1.60. The van der Waals surface area contributed by atoms with Crippen LogP contribution in [0.5, 0.6) is 5.75 Å². The van der Waals surface area contributed by atoms with E-state index in [0.717, 1.165) is 18.7 Å². The highest BCUT2D eigenvalue weighted by atomic mass is 16.5. The molecule has 0 atom stereocenters. The van der Waals surface area contributed by atoms with Crippen LogP contribution in [0.15, 0.2) is 36.7 Å². The fourth-order valence-corrected chi connectivity index (χ4v) is 1.89. The second-order valence-corrected chi connectivity index (χ2v) is 5.59. The SMILES string of the molecule is COc1ccc(NC(=O)c2cnc(NCCC(C)C)nc2)cc1. The highest BCUT2D eigenvalue weighted by molar-refractivity contribution is 6.03. The van der Waals surface area contributed by atoms with Crippen molar-refractivity contribution in [3.63, 3.8) is 0 Å². The number of nitrogens with one attached hydrogen (secondary N) is 2. The summed E-state index contributed by atoms with van der Waals surface area (Å²) in [6.45, 7) is 5.14. The number of anilines is 2. The largest absolute Gasteiger partial charge is 0.497 e. The van der Waals surface area contributed by atoms with Crippen LogP contribution in [-0.2, 0) is 0 Å². The van der Waals surface area contributed by atoms with Gasteiger partial charge in [0.15, 0.2) is 0 Å². The molecule has 0 saturated carbocycles. The summed E-state index contributed by atoms with van der Waals surface area (Å²) in [6, 6.07) is 7.13. The third-order valence-corrected chi connectivity index (χ3v) is 3.27. The summed E-state index contributed by atoms with van der Waals surface area (Å²) in [5, 5.41) is 5.93. The number of rotatable bonds is 7. The maximum absolute atomic E-state index is 12.1. The maximum atomic E-state index is 12.1. The molecule has 0 spiro atoms. The summed E-state index contributed by atoms with van der Waals surface area (Å²) in [5.41, 5.74) is 1.10. The molecule has 2 rings (SSSR count). The second-order valence-electron chi connectivity index (χ2n) is 5.59. The summed E-state index contributed by atoms with van der Waals surface area (Å²) in [5.74, 6) is 1.65. The predicted octanol–water partition coefficient (Wildman–Crippen LogP) is 3.20. The molecule has 23 heavy (non-hydrogen) atoms. The van der Waals surface area contributed by atoms with Gasteiger partial charge in [-0.3, -0.25) is 4.79 Å². The first-order valence-electron chi connectivity index (χ1n) is 7.60. The van der Waals surface area contributed by atoms with Gasteiger partial charge in [-0.1, -0.05) is 13.8 Å². The zero-order valence-corrected chi connectivity index (χ0v) is 13.7. The standard InChI is InChI=1S/C17H22N4O2/c1-12(2)8-9-18-17-19-10-13(11-20-17)16(22)21-14-4-6-15(23-3)7-5-14/h4-7,10-12H,8-9H2,1-3H3,(H,21,22)(H,18,19,20). The van der Waals surface area contributed by atoms with Gasteiger partial charge in [-0.05, 0) is 36.6 Å². The van der Waals surface area contributed by atoms with Crippen molar-refractivity contribution in [1.29, 1.82) is 0 Å². The molecule has 6 heteroatoms. The van der Waals surface area contributed by atoms with E-state index in [4.69, 9.17) is 4.74 Å². The van der Waals surface area contributed by atoms with Gasteiger partial charge in [0, 0.05) is 24.6 Å². The number of amides is 1. The molecule has 1 aromatic heterocycles. The van der Waals surface area contributed by atoms with Crippen molar-refractivity contribution in [2.24, 2.45) is 5.92 Å². The zero-order valence-electron chi connectivity index (χ0n) is 13.7. The van der Waals surface area contributed by atoms with Crippen LogP contribution in [0.4, 0.5) is 11.6 Å². The fourth-order valence-electron chi connectivity index (χ4n) is 1.89. The number of hydrogen-bond donors (Lipinski definition) is 2. The lowest BCUT2D eigenvalue weighted by Crippen LogP contribution is -2.14. The highest BCUT2D eigenvalue weighted by Gasteiger charge is 2.08. The lowest BCUT2D eigenvalue weighted by molar-refractivity contribution is 0.102. The molecule has 0 aliphatic heterocycles. The van der Waals surface area contributed by atoms with E-state index in [-0.39, 0.29) is 5.91 Å². The van der Waals surface area contributed by atoms with E-state index >= 15 is 0 Å². The van der Waals surface area contributed by atoms with E-state index in [1.54, 1.807) is 31.4 Å². The molecule has 1 aromatic carbocycles. The molecule has 0 radical (unpaired) electrons. The number of aromatic nitrogens is 2. The lowest BCUT2D eigenvalue weighted by Gasteiger charge is -2.08. The molecule has 122 valence electrons. The molecule has 1 amide bonds. The molecule has 0 aliphatic carbocycles. The Morgan fingerprint density at radius 2 is 1.83 bits per heavy atom. The molecule has 0 saturated heterocycles. The molecule has 2 N–H and O–H groups in total. The smallest absolute Gasteiger partial charge is 0.258 e. The molecule has 0 bridgehead atoms. The van der Waals surface area contributed by atoms with E-state index in [2.05, 4.69) is 34.4 Å². The molecule has 0 unspecified atom stereocenters. The number of hydrogen-bond acceptors (Lipinski definition) is 5. The van der Waals surface area contributed by atoms with Crippen molar-refractivity contribution >= 4 is 17.5 Å². The lowest BCUT2D eigenvalue weighted by atomic mass is 10.1. The highest BCUT2D eigenvalue weighted by Crippen LogP contribution is 2.15. The van der Waals surface area contributed by atoms with Crippen LogP contribution in [0.2, 0.25) is 0 Å². The van der Waals surface area contributed by atoms with Gasteiger partial charge < -0.3 is 15.4 Å². The predicted molar refractivity (Wildman–Crippen MR) is 90.9 cm³/mol. The minimum Gasteiger partial charge on any atom is -0.497 e. The fraction of sp³-hybridized carbons (Fsp3) is 0.353. The molecule has 0 aliphatic rings. The third kappa shape index (κ3) is 5.25. The van der Waals surface area contributed by atoms with Crippen molar-refractivity contribution < 1.29 is 9.53 Å². The molecule has 6 nitrogen and oxygen atoms in total.